The summed E-state index contributed by atoms with van der Waals surface area (Å²) in [5.41, 5.74) is -0.157. The van der Waals surface area contributed by atoms with E-state index in [1.165, 1.54) is 13.0 Å². The molecule has 7 heteroatoms. The Morgan fingerprint density at radius 1 is 1.32 bits per heavy atom. The molecule has 0 saturated heterocycles. The highest BCUT2D eigenvalue weighted by molar-refractivity contribution is 5.92. The standard InChI is InChI=1S/C12H14N2O5/c1-8(15)13-9-4-5-10-12(11(9)14(16)17)19-7-3-2-6-18-10/h4-5H,2-3,6-7H2,1H3,(H,13,15). The summed E-state index contributed by atoms with van der Waals surface area (Å²) in [4.78, 5) is 21.7. The molecule has 1 heterocycles. The van der Waals surface area contributed by atoms with Crippen molar-refractivity contribution < 1.29 is 19.2 Å². The average molecular weight is 266 g/mol. The van der Waals surface area contributed by atoms with Crippen LogP contribution in [0.5, 0.6) is 11.5 Å². The third-order valence-corrected chi connectivity index (χ3v) is 2.63. The van der Waals surface area contributed by atoms with E-state index in [0.717, 1.165) is 12.8 Å². The van der Waals surface area contributed by atoms with Crippen LogP contribution < -0.4 is 14.8 Å². The summed E-state index contributed by atoms with van der Waals surface area (Å²) >= 11 is 0. The Morgan fingerprint density at radius 3 is 2.63 bits per heavy atom. The largest absolute Gasteiger partial charge is 0.489 e. The summed E-state index contributed by atoms with van der Waals surface area (Å²) in [7, 11) is 0. The maximum absolute atomic E-state index is 11.2. The molecule has 1 aliphatic heterocycles. The van der Waals surface area contributed by atoms with Crippen molar-refractivity contribution in [3.8, 4) is 11.5 Å². The molecule has 7 nitrogen and oxygen atoms in total. The van der Waals surface area contributed by atoms with E-state index in [2.05, 4.69) is 5.32 Å². The van der Waals surface area contributed by atoms with Crippen LogP contribution >= 0.6 is 0 Å². The van der Waals surface area contributed by atoms with Crippen molar-refractivity contribution in [2.45, 2.75) is 19.8 Å². The summed E-state index contributed by atoms with van der Waals surface area (Å²) in [6.07, 6.45) is 1.60. The van der Waals surface area contributed by atoms with Crippen LogP contribution in [-0.2, 0) is 4.79 Å². The Kier molecular flexibility index (Phi) is 3.84. The summed E-state index contributed by atoms with van der Waals surface area (Å²) in [5, 5.41) is 13.6. The van der Waals surface area contributed by atoms with Crippen molar-refractivity contribution in [3.05, 3.63) is 22.2 Å². The molecule has 0 aliphatic carbocycles. The number of anilines is 1. The van der Waals surface area contributed by atoms with Gasteiger partial charge in [-0.3, -0.25) is 14.9 Å². The van der Waals surface area contributed by atoms with Gasteiger partial charge in [0.2, 0.25) is 11.7 Å². The highest BCUT2D eigenvalue weighted by Crippen LogP contribution is 2.43. The Labute approximate surface area is 109 Å². The minimum Gasteiger partial charge on any atom is -0.489 e. The number of nitrogens with zero attached hydrogens (tertiary/aromatic N) is 1. The van der Waals surface area contributed by atoms with Gasteiger partial charge < -0.3 is 14.8 Å². The molecule has 1 aliphatic rings. The topological polar surface area (TPSA) is 90.7 Å². The van der Waals surface area contributed by atoms with Crippen molar-refractivity contribution in [2.75, 3.05) is 18.5 Å². The second kappa shape index (κ2) is 5.55. The van der Waals surface area contributed by atoms with Crippen LogP contribution in [0.2, 0.25) is 0 Å². The van der Waals surface area contributed by atoms with Gasteiger partial charge in [-0.15, -0.1) is 0 Å². The van der Waals surface area contributed by atoms with Gasteiger partial charge in [-0.2, -0.15) is 0 Å². The molecule has 0 radical (unpaired) electrons. The first-order valence-corrected chi connectivity index (χ1v) is 5.94. The highest BCUT2D eigenvalue weighted by Gasteiger charge is 2.27. The SMILES string of the molecule is CC(=O)Nc1ccc2c(c1[N+](=O)[O-])OCCCCO2. The molecule has 0 aromatic heterocycles. The van der Waals surface area contributed by atoms with Gasteiger partial charge in [-0.05, 0) is 25.0 Å². The molecule has 102 valence electrons. The molecule has 0 unspecified atom stereocenters. The predicted octanol–water partition coefficient (Wildman–Crippen LogP) is 2.10. The molecule has 1 amide bonds. The number of amides is 1. The number of hydrogen-bond donors (Lipinski definition) is 1. The first-order chi connectivity index (χ1) is 9.09. The smallest absolute Gasteiger partial charge is 0.338 e. The minimum atomic E-state index is -0.574. The second-order valence-electron chi connectivity index (χ2n) is 4.13. The summed E-state index contributed by atoms with van der Waals surface area (Å²) in [5.74, 6) is 0.0336. The van der Waals surface area contributed by atoms with Gasteiger partial charge in [-0.25, -0.2) is 0 Å². The van der Waals surface area contributed by atoms with Crippen LogP contribution in [0, 0.1) is 10.1 Å². The van der Waals surface area contributed by atoms with E-state index in [0.29, 0.717) is 19.0 Å². The van der Waals surface area contributed by atoms with E-state index < -0.39 is 4.92 Å². The Bertz CT molecular complexity index is 515. The van der Waals surface area contributed by atoms with E-state index in [1.54, 1.807) is 6.07 Å². The van der Waals surface area contributed by atoms with Gasteiger partial charge in [0.1, 0.15) is 5.69 Å². The highest BCUT2D eigenvalue weighted by atomic mass is 16.6. The zero-order valence-electron chi connectivity index (χ0n) is 10.5. The van der Waals surface area contributed by atoms with Crippen LogP contribution in [0.1, 0.15) is 19.8 Å². The van der Waals surface area contributed by atoms with Gasteiger partial charge >= 0.3 is 5.69 Å². The number of benzene rings is 1. The normalized spacial score (nSPS) is 14.2. The molecule has 1 N–H and O–H groups in total. The molecule has 0 saturated carbocycles. The number of ether oxygens (including phenoxy) is 2. The first kappa shape index (κ1) is 13.1. The molecule has 0 bridgehead atoms. The van der Waals surface area contributed by atoms with E-state index in [4.69, 9.17) is 9.47 Å². The third-order valence-electron chi connectivity index (χ3n) is 2.63. The molecular formula is C12H14N2O5. The number of hydrogen-bond acceptors (Lipinski definition) is 5. The van der Waals surface area contributed by atoms with E-state index in [-0.39, 0.29) is 23.0 Å². The van der Waals surface area contributed by atoms with Crippen molar-refractivity contribution >= 4 is 17.3 Å². The quantitative estimate of drug-likeness (QED) is 0.653. The van der Waals surface area contributed by atoms with E-state index in [9.17, 15) is 14.9 Å². The van der Waals surface area contributed by atoms with Crippen LogP contribution in [0.25, 0.3) is 0 Å². The number of carbonyl (C=O) groups is 1. The fourth-order valence-corrected chi connectivity index (χ4v) is 1.84. The maximum atomic E-state index is 11.2. The van der Waals surface area contributed by atoms with Crippen LogP contribution in [0.4, 0.5) is 11.4 Å². The Morgan fingerprint density at radius 2 is 2.00 bits per heavy atom. The van der Waals surface area contributed by atoms with E-state index >= 15 is 0 Å². The van der Waals surface area contributed by atoms with Crippen LogP contribution in [0.3, 0.4) is 0 Å². The predicted molar refractivity (Wildman–Crippen MR) is 67.6 cm³/mol. The van der Waals surface area contributed by atoms with Crippen LogP contribution in [0.15, 0.2) is 12.1 Å². The fraction of sp³-hybridized carbons (Fsp3) is 0.417. The number of nitro benzene ring substituents is 1. The lowest BCUT2D eigenvalue weighted by Gasteiger charge is -2.17. The monoisotopic (exact) mass is 266 g/mol. The average Bonchev–Trinajstić information content (AvgIpc) is 2.29. The van der Waals surface area contributed by atoms with E-state index in [1.807, 2.05) is 0 Å². The number of rotatable bonds is 2. The number of fused-ring (bicyclic) bond motifs is 1. The lowest BCUT2D eigenvalue weighted by atomic mass is 10.2. The van der Waals surface area contributed by atoms with Crippen molar-refractivity contribution in [3.63, 3.8) is 0 Å². The van der Waals surface area contributed by atoms with Crippen molar-refractivity contribution in [1.29, 1.82) is 0 Å². The minimum absolute atomic E-state index is 0.0796. The molecule has 0 atom stereocenters. The maximum Gasteiger partial charge on any atom is 0.338 e. The molecular weight excluding hydrogens is 252 g/mol. The lowest BCUT2D eigenvalue weighted by Crippen LogP contribution is -2.13. The van der Waals surface area contributed by atoms with Gasteiger partial charge in [0.25, 0.3) is 0 Å². The zero-order valence-corrected chi connectivity index (χ0v) is 10.5. The third kappa shape index (κ3) is 2.93. The molecule has 2 rings (SSSR count). The van der Waals surface area contributed by atoms with Crippen molar-refractivity contribution in [2.24, 2.45) is 0 Å². The summed E-state index contributed by atoms with van der Waals surface area (Å²) in [6.45, 7) is 2.17. The number of nitro groups is 1. The summed E-state index contributed by atoms with van der Waals surface area (Å²) in [6, 6.07) is 3.02. The van der Waals surface area contributed by atoms with Crippen LogP contribution in [-0.4, -0.2) is 24.0 Å². The second-order valence-corrected chi connectivity index (χ2v) is 4.13. The van der Waals surface area contributed by atoms with Crippen molar-refractivity contribution in [1.82, 2.24) is 0 Å². The first-order valence-electron chi connectivity index (χ1n) is 5.94. The summed E-state index contributed by atoms with van der Waals surface area (Å²) < 4.78 is 10.9. The molecule has 1 aromatic carbocycles. The lowest BCUT2D eigenvalue weighted by molar-refractivity contribution is -0.385. The Balaban J connectivity index is 2.50. The zero-order chi connectivity index (χ0) is 13.8. The molecule has 19 heavy (non-hydrogen) atoms. The number of carbonyl (C=O) groups excluding carboxylic acids is 1. The number of nitrogens with one attached hydrogen (secondary N) is 1. The molecule has 0 spiro atoms. The van der Waals surface area contributed by atoms with Gasteiger partial charge in [-0.1, -0.05) is 0 Å². The fourth-order valence-electron chi connectivity index (χ4n) is 1.84. The molecule has 0 fully saturated rings. The van der Waals surface area contributed by atoms with Gasteiger partial charge in [0.15, 0.2) is 5.75 Å². The van der Waals surface area contributed by atoms with Gasteiger partial charge in [0, 0.05) is 6.92 Å². The van der Waals surface area contributed by atoms with Gasteiger partial charge in [0.05, 0.1) is 18.1 Å². The molecule has 1 aromatic rings. The Hall–Kier alpha value is -2.31.